The van der Waals surface area contributed by atoms with Gasteiger partial charge < -0.3 is 14.4 Å². The predicted molar refractivity (Wildman–Crippen MR) is 92.5 cm³/mol. The average molecular weight is 314 g/mol. The molecule has 0 radical (unpaired) electrons. The molecule has 0 bridgehead atoms. The van der Waals surface area contributed by atoms with E-state index in [2.05, 4.69) is 21.0 Å². The van der Waals surface area contributed by atoms with Crippen LogP contribution in [0.1, 0.15) is 90.4 Å². The number of carbonyl (C=O) groups is 1. The molecular weight excluding hydrogens is 274 g/mol. The van der Waals surface area contributed by atoms with E-state index in [0.29, 0.717) is 0 Å². The van der Waals surface area contributed by atoms with E-state index >= 15 is 0 Å². The summed E-state index contributed by atoms with van der Waals surface area (Å²) in [6.07, 6.45) is 15.7. The van der Waals surface area contributed by atoms with Crippen LogP contribution in [0, 0.1) is 0 Å². The van der Waals surface area contributed by atoms with Crippen LogP contribution in [0.25, 0.3) is 0 Å². The Morgan fingerprint density at radius 1 is 0.727 bits per heavy atom. The van der Waals surface area contributed by atoms with Gasteiger partial charge in [0.05, 0.1) is 27.2 Å². The van der Waals surface area contributed by atoms with Crippen molar-refractivity contribution in [1.29, 1.82) is 0 Å². The van der Waals surface area contributed by atoms with Gasteiger partial charge in [-0.05, 0) is 32.1 Å². The third-order valence-electron chi connectivity index (χ3n) is 4.51. The van der Waals surface area contributed by atoms with E-state index < -0.39 is 5.97 Å². The Balaban J connectivity index is 3.35. The smallest absolute Gasteiger partial charge is 0.0782 e. The van der Waals surface area contributed by atoms with Crippen LogP contribution in [0.5, 0.6) is 0 Å². The minimum absolute atomic E-state index is 0.207. The summed E-state index contributed by atoms with van der Waals surface area (Å²) >= 11 is 0. The van der Waals surface area contributed by atoms with E-state index in [-0.39, 0.29) is 6.42 Å². The molecule has 0 N–H and O–H groups in total. The normalized spacial score (nSPS) is 11.8. The van der Waals surface area contributed by atoms with Crippen molar-refractivity contribution in [3.8, 4) is 0 Å². The van der Waals surface area contributed by atoms with Crippen molar-refractivity contribution in [2.24, 2.45) is 0 Å². The average Bonchev–Trinajstić information content (AvgIpc) is 2.45. The second kappa shape index (κ2) is 14.0. The van der Waals surface area contributed by atoms with Crippen molar-refractivity contribution in [2.45, 2.75) is 90.4 Å². The Hall–Kier alpha value is -0.570. The van der Waals surface area contributed by atoms with Crippen LogP contribution in [-0.2, 0) is 4.79 Å². The Morgan fingerprint density at radius 2 is 1.14 bits per heavy atom. The Bertz CT molecular complexity index is 264. The molecule has 0 saturated heterocycles. The molecule has 0 rings (SSSR count). The predicted octanol–water partition coefficient (Wildman–Crippen LogP) is 3.90. The van der Waals surface area contributed by atoms with Gasteiger partial charge in [0.25, 0.3) is 0 Å². The van der Waals surface area contributed by atoms with E-state index in [0.717, 1.165) is 23.9 Å². The molecule has 0 amide bonds. The van der Waals surface area contributed by atoms with Gasteiger partial charge in [-0.15, -0.1) is 0 Å². The largest absolute Gasteiger partial charge is 0.550 e. The van der Waals surface area contributed by atoms with Crippen LogP contribution in [0.3, 0.4) is 0 Å². The molecule has 0 aliphatic heterocycles. The summed E-state index contributed by atoms with van der Waals surface area (Å²) in [5.74, 6) is -0.917. The van der Waals surface area contributed by atoms with Crippen LogP contribution in [0.2, 0.25) is 0 Å². The van der Waals surface area contributed by atoms with Gasteiger partial charge in [0.15, 0.2) is 0 Å². The molecule has 0 spiro atoms. The van der Waals surface area contributed by atoms with Crippen molar-refractivity contribution >= 4 is 5.97 Å². The first-order valence-electron chi connectivity index (χ1n) is 9.50. The van der Waals surface area contributed by atoms with Crippen LogP contribution >= 0.6 is 0 Å². The quantitative estimate of drug-likeness (QED) is 0.320. The second-order valence-corrected chi connectivity index (χ2v) is 7.39. The van der Waals surface area contributed by atoms with Crippen molar-refractivity contribution in [1.82, 2.24) is 0 Å². The topological polar surface area (TPSA) is 40.1 Å². The fraction of sp³-hybridized carbons (Fsp3) is 0.947. The first-order valence-corrected chi connectivity index (χ1v) is 9.50. The number of quaternary nitrogens is 1. The summed E-state index contributed by atoms with van der Waals surface area (Å²) in [5.41, 5.74) is 0. The van der Waals surface area contributed by atoms with Gasteiger partial charge in [0.1, 0.15) is 0 Å². The summed E-state index contributed by atoms with van der Waals surface area (Å²) in [6, 6.07) is 0. The molecule has 132 valence electrons. The van der Waals surface area contributed by atoms with Gasteiger partial charge in [0.2, 0.25) is 0 Å². The number of aliphatic carboxylic acids is 1. The summed E-state index contributed by atoms with van der Waals surface area (Å²) in [6.45, 7) is 4.55. The molecule has 0 aromatic rings. The summed E-state index contributed by atoms with van der Waals surface area (Å²) in [4.78, 5) is 10.4. The third-order valence-corrected chi connectivity index (χ3v) is 4.51. The maximum absolute atomic E-state index is 10.4. The second-order valence-electron chi connectivity index (χ2n) is 7.39. The molecule has 0 aliphatic carbocycles. The summed E-state index contributed by atoms with van der Waals surface area (Å²) in [7, 11) is 4.51. The zero-order chi connectivity index (χ0) is 16.7. The SMILES string of the molecule is CCCCCCCCCCCC[N+](C)(C)CCCCC(=O)[O-]. The molecule has 0 fully saturated rings. The highest BCUT2D eigenvalue weighted by molar-refractivity contribution is 5.64. The van der Waals surface area contributed by atoms with Crippen molar-refractivity contribution in [3.05, 3.63) is 0 Å². The number of hydrogen-bond acceptors (Lipinski definition) is 2. The summed E-state index contributed by atoms with van der Waals surface area (Å²) < 4.78 is 1.02. The number of carbonyl (C=O) groups excluding carboxylic acids is 1. The molecule has 0 aromatic heterocycles. The van der Waals surface area contributed by atoms with Crippen LogP contribution < -0.4 is 5.11 Å². The standard InChI is InChI=1S/C19H39NO2/c1-4-5-6-7-8-9-10-11-12-14-17-20(2,3)18-15-13-16-19(21)22/h4-18H2,1-3H3. The van der Waals surface area contributed by atoms with Gasteiger partial charge in [-0.25, -0.2) is 0 Å². The minimum Gasteiger partial charge on any atom is -0.550 e. The van der Waals surface area contributed by atoms with Crippen LogP contribution in [0.15, 0.2) is 0 Å². The van der Waals surface area contributed by atoms with E-state index in [4.69, 9.17) is 0 Å². The van der Waals surface area contributed by atoms with E-state index in [1.165, 1.54) is 70.8 Å². The van der Waals surface area contributed by atoms with Gasteiger partial charge in [-0.1, -0.05) is 58.3 Å². The van der Waals surface area contributed by atoms with Crippen molar-refractivity contribution in [2.75, 3.05) is 27.2 Å². The Kier molecular flexibility index (Phi) is 13.7. The van der Waals surface area contributed by atoms with Gasteiger partial charge in [0, 0.05) is 5.97 Å². The molecule has 3 nitrogen and oxygen atoms in total. The zero-order valence-corrected chi connectivity index (χ0v) is 15.4. The molecule has 3 heteroatoms. The van der Waals surface area contributed by atoms with Crippen molar-refractivity contribution in [3.63, 3.8) is 0 Å². The maximum atomic E-state index is 10.4. The van der Waals surface area contributed by atoms with E-state index in [1.807, 2.05) is 0 Å². The molecule has 0 unspecified atom stereocenters. The monoisotopic (exact) mass is 313 g/mol. The van der Waals surface area contributed by atoms with Crippen LogP contribution in [0.4, 0.5) is 0 Å². The zero-order valence-electron chi connectivity index (χ0n) is 15.4. The lowest BCUT2D eigenvalue weighted by molar-refractivity contribution is -0.890. The third kappa shape index (κ3) is 15.8. The molecule has 0 aliphatic rings. The van der Waals surface area contributed by atoms with Gasteiger partial charge in [-0.2, -0.15) is 0 Å². The van der Waals surface area contributed by atoms with Gasteiger partial charge in [-0.3, -0.25) is 0 Å². The lowest BCUT2D eigenvalue weighted by atomic mass is 10.1. The fourth-order valence-electron chi connectivity index (χ4n) is 2.95. The number of nitrogens with zero attached hydrogens (tertiary/aromatic N) is 1. The number of unbranched alkanes of at least 4 members (excludes halogenated alkanes) is 10. The van der Waals surface area contributed by atoms with E-state index in [9.17, 15) is 9.90 Å². The highest BCUT2D eigenvalue weighted by Gasteiger charge is 2.13. The highest BCUT2D eigenvalue weighted by atomic mass is 16.4. The summed E-state index contributed by atoms with van der Waals surface area (Å²) in [5, 5.41) is 10.4. The molecule has 0 saturated carbocycles. The number of rotatable bonds is 16. The Morgan fingerprint density at radius 3 is 1.59 bits per heavy atom. The number of carboxylic acids is 1. The molecule has 22 heavy (non-hydrogen) atoms. The van der Waals surface area contributed by atoms with Crippen LogP contribution in [-0.4, -0.2) is 37.6 Å². The molecule has 0 atom stereocenters. The lowest BCUT2D eigenvalue weighted by Crippen LogP contribution is -2.41. The van der Waals surface area contributed by atoms with Gasteiger partial charge >= 0.3 is 0 Å². The first-order chi connectivity index (χ1) is 10.5. The Labute approximate surface area is 138 Å². The highest BCUT2D eigenvalue weighted by Crippen LogP contribution is 2.12. The number of hydrogen-bond donors (Lipinski definition) is 0. The fourth-order valence-corrected chi connectivity index (χ4v) is 2.95. The van der Waals surface area contributed by atoms with Crippen molar-refractivity contribution < 1.29 is 14.4 Å². The lowest BCUT2D eigenvalue weighted by Gasteiger charge is -2.30. The molecule has 0 heterocycles. The molecular formula is C19H39NO2. The first kappa shape index (κ1) is 21.4. The maximum Gasteiger partial charge on any atom is 0.0782 e. The number of carboxylic acid groups (broad SMARTS) is 1. The minimum atomic E-state index is -0.917. The van der Waals surface area contributed by atoms with E-state index in [1.54, 1.807) is 0 Å². The molecule has 0 aromatic carbocycles.